The Bertz CT molecular complexity index is 2790. The van der Waals surface area contributed by atoms with Crippen LogP contribution in [0.15, 0.2) is 188 Å². The molecular formula is C50H31N. The first kappa shape index (κ1) is 28.3. The molecule has 236 valence electrons. The van der Waals surface area contributed by atoms with Crippen molar-refractivity contribution < 1.29 is 0 Å². The Labute approximate surface area is 297 Å². The van der Waals surface area contributed by atoms with Crippen molar-refractivity contribution in [2.75, 3.05) is 0 Å². The highest BCUT2D eigenvalue weighted by Gasteiger charge is 2.52. The molecule has 1 spiro atoms. The van der Waals surface area contributed by atoms with E-state index >= 15 is 0 Å². The van der Waals surface area contributed by atoms with E-state index in [4.69, 9.17) is 4.98 Å². The van der Waals surface area contributed by atoms with Gasteiger partial charge in [-0.3, -0.25) is 0 Å². The van der Waals surface area contributed by atoms with E-state index in [0.29, 0.717) is 0 Å². The summed E-state index contributed by atoms with van der Waals surface area (Å²) in [6.45, 7) is 0. The standard InChI is InChI=1S/C50H31N/c1-3-14-33(15-4-1)47-30-38(31-48(51-47)34-16-5-2-6-17-34)37-23-25-41-40-21-11-12-22-43(40)50(45(41)29-37)44-26-24-32-13-9-10-20-39(32)49(44)42-27-35-18-7-8-19-36(35)28-46(42)50/h1-31H. The third kappa shape index (κ3) is 4.00. The molecule has 11 rings (SSSR count). The van der Waals surface area contributed by atoms with Gasteiger partial charge in [-0.15, -0.1) is 0 Å². The van der Waals surface area contributed by atoms with E-state index < -0.39 is 5.41 Å². The van der Waals surface area contributed by atoms with Gasteiger partial charge in [-0.25, -0.2) is 4.98 Å². The molecule has 2 aliphatic rings. The van der Waals surface area contributed by atoms with Crippen molar-refractivity contribution in [3.05, 3.63) is 210 Å². The van der Waals surface area contributed by atoms with Gasteiger partial charge in [0.25, 0.3) is 0 Å². The molecule has 0 amide bonds. The number of hydrogen-bond donors (Lipinski definition) is 0. The van der Waals surface area contributed by atoms with Gasteiger partial charge in [-0.1, -0.05) is 158 Å². The molecule has 1 heteroatoms. The highest BCUT2D eigenvalue weighted by Crippen LogP contribution is 2.64. The maximum atomic E-state index is 5.19. The highest BCUT2D eigenvalue weighted by molar-refractivity contribution is 6.08. The molecule has 1 unspecified atom stereocenters. The number of hydrogen-bond acceptors (Lipinski definition) is 1. The van der Waals surface area contributed by atoms with E-state index in [0.717, 1.165) is 28.1 Å². The molecule has 0 radical (unpaired) electrons. The molecule has 0 aliphatic heterocycles. The zero-order chi connectivity index (χ0) is 33.5. The minimum Gasteiger partial charge on any atom is -0.248 e. The fraction of sp³-hybridized carbons (Fsp3) is 0.0200. The van der Waals surface area contributed by atoms with Gasteiger partial charge >= 0.3 is 0 Å². The number of benzene rings is 8. The lowest BCUT2D eigenvalue weighted by Crippen LogP contribution is -2.26. The van der Waals surface area contributed by atoms with Crippen molar-refractivity contribution >= 4 is 21.5 Å². The second-order valence-corrected chi connectivity index (χ2v) is 13.9. The lowest BCUT2D eigenvalue weighted by molar-refractivity contribution is 0.796. The van der Waals surface area contributed by atoms with Crippen LogP contribution >= 0.6 is 0 Å². The second-order valence-electron chi connectivity index (χ2n) is 13.9. The van der Waals surface area contributed by atoms with Gasteiger partial charge in [0.2, 0.25) is 0 Å². The molecule has 1 aromatic heterocycles. The van der Waals surface area contributed by atoms with Crippen molar-refractivity contribution in [1.29, 1.82) is 0 Å². The van der Waals surface area contributed by atoms with Crippen LogP contribution < -0.4 is 0 Å². The Morgan fingerprint density at radius 2 is 0.902 bits per heavy atom. The highest BCUT2D eigenvalue weighted by atomic mass is 14.7. The zero-order valence-corrected chi connectivity index (χ0v) is 27.8. The summed E-state index contributed by atoms with van der Waals surface area (Å²) in [5.74, 6) is 0. The number of aromatic nitrogens is 1. The van der Waals surface area contributed by atoms with Gasteiger partial charge in [0.15, 0.2) is 0 Å². The first-order chi connectivity index (χ1) is 25.3. The maximum Gasteiger partial charge on any atom is 0.0726 e. The molecule has 1 heterocycles. The first-order valence-corrected chi connectivity index (χ1v) is 17.7. The van der Waals surface area contributed by atoms with E-state index in [1.807, 2.05) is 0 Å². The Kier molecular flexibility index (Phi) is 5.94. The molecule has 51 heavy (non-hydrogen) atoms. The minimum absolute atomic E-state index is 0.460. The molecule has 0 saturated heterocycles. The number of pyridine rings is 1. The molecule has 1 atom stereocenters. The summed E-state index contributed by atoms with van der Waals surface area (Å²) in [4.78, 5) is 5.19. The number of rotatable bonds is 3. The molecular weight excluding hydrogens is 615 g/mol. The molecule has 8 aromatic carbocycles. The monoisotopic (exact) mass is 645 g/mol. The Morgan fingerprint density at radius 1 is 0.314 bits per heavy atom. The molecule has 0 bridgehead atoms. The van der Waals surface area contributed by atoms with E-state index in [-0.39, 0.29) is 0 Å². The molecule has 9 aromatic rings. The third-order valence-electron chi connectivity index (χ3n) is 11.2. The molecule has 0 saturated carbocycles. The fourth-order valence-corrected chi connectivity index (χ4v) is 9.03. The summed E-state index contributed by atoms with van der Waals surface area (Å²) in [6, 6.07) is 69.2. The average molecular weight is 646 g/mol. The maximum absolute atomic E-state index is 5.19. The Morgan fingerprint density at radius 3 is 1.65 bits per heavy atom. The second kappa shape index (κ2) is 10.7. The van der Waals surface area contributed by atoms with E-state index in [2.05, 4.69) is 188 Å². The number of fused-ring (bicyclic) bond motifs is 13. The van der Waals surface area contributed by atoms with Crippen LogP contribution in [0.1, 0.15) is 22.3 Å². The quantitative estimate of drug-likeness (QED) is 0.186. The van der Waals surface area contributed by atoms with E-state index in [1.54, 1.807) is 0 Å². The summed E-state index contributed by atoms with van der Waals surface area (Å²) in [5, 5.41) is 5.11. The van der Waals surface area contributed by atoms with Crippen LogP contribution in [0.3, 0.4) is 0 Å². The topological polar surface area (TPSA) is 12.9 Å². The van der Waals surface area contributed by atoms with E-state index in [9.17, 15) is 0 Å². The van der Waals surface area contributed by atoms with Crippen LogP contribution in [0.4, 0.5) is 0 Å². The SMILES string of the molecule is c1ccc(-c2cc(-c3ccc4c(c3)C3(c5ccccc5-4)c4cc5ccccc5cc4-c4c3ccc3ccccc43)cc(-c3ccccc3)n2)cc1. The smallest absolute Gasteiger partial charge is 0.0726 e. The van der Waals surface area contributed by atoms with Gasteiger partial charge in [0.05, 0.1) is 16.8 Å². The summed E-state index contributed by atoms with van der Waals surface area (Å²) in [7, 11) is 0. The van der Waals surface area contributed by atoms with Crippen LogP contribution in [-0.4, -0.2) is 4.98 Å². The van der Waals surface area contributed by atoms with Crippen LogP contribution in [0.2, 0.25) is 0 Å². The molecule has 2 aliphatic carbocycles. The molecule has 1 nitrogen and oxygen atoms in total. The predicted molar refractivity (Wildman–Crippen MR) is 212 cm³/mol. The van der Waals surface area contributed by atoms with Crippen molar-refractivity contribution in [3.8, 4) is 55.9 Å². The normalized spacial score (nSPS) is 15.1. The Balaban J connectivity index is 1.23. The summed E-state index contributed by atoms with van der Waals surface area (Å²) < 4.78 is 0. The molecule has 0 N–H and O–H groups in total. The first-order valence-electron chi connectivity index (χ1n) is 17.7. The van der Waals surface area contributed by atoms with Crippen molar-refractivity contribution in [2.24, 2.45) is 0 Å². The van der Waals surface area contributed by atoms with Gasteiger partial charge in [0, 0.05) is 11.1 Å². The minimum atomic E-state index is -0.460. The lowest BCUT2D eigenvalue weighted by atomic mass is 9.70. The summed E-state index contributed by atoms with van der Waals surface area (Å²) in [5.41, 5.74) is 16.8. The van der Waals surface area contributed by atoms with Gasteiger partial charge in [0.1, 0.15) is 0 Å². The fourth-order valence-electron chi connectivity index (χ4n) is 9.03. The van der Waals surface area contributed by atoms with Crippen LogP contribution in [-0.2, 0) is 5.41 Å². The van der Waals surface area contributed by atoms with Gasteiger partial charge in [-0.05, 0) is 108 Å². The Hall–Kier alpha value is -6.57. The van der Waals surface area contributed by atoms with Crippen LogP contribution in [0, 0.1) is 0 Å². The predicted octanol–water partition coefficient (Wildman–Crippen LogP) is 12.7. The van der Waals surface area contributed by atoms with Crippen LogP contribution in [0.5, 0.6) is 0 Å². The van der Waals surface area contributed by atoms with Gasteiger partial charge < -0.3 is 0 Å². The number of nitrogens with zero attached hydrogens (tertiary/aromatic N) is 1. The van der Waals surface area contributed by atoms with Crippen molar-refractivity contribution in [3.63, 3.8) is 0 Å². The lowest BCUT2D eigenvalue weighted by Gasteiger charge is -2.31. The van der Waals surface area contributed by atoms with Crippen molar-refractivity contribution in [1.82, 2.24) is 4.98 Å². The molecule has 0 fully saturated rings. The largest absolute Gasteiger partial charge is 0.248 e. The summed E-state index contributed by atoms with van der Waals surface area (Å²) >= 11 is 0. The van der Waals surface area contributed by atoms with Gasteiger partial charge in [-0.2, -0.15) is 0 Å². The zero-order valence-electron chi connectivity index (χ0n) is 27.8. The average Bonchev–Trinajstić information content (AvgIpc) is 3.67. The summed E-state index contributed by atoms with van der Waals surface area (Å²) in [6.07, 6.45) is 0. The third-order valence-corrected chi connectivity index (χ3v) is 11.2. The van der Waals surface area contributed by atoms with Crippen molar-refractivity contribution in [2.45, 2.75) is 5.41 Å². The van der Waals surface area contributed by atoms with E-state index in [1.165, 1.54) is 71.6 Å². The van der Waals surface area contributed by atoms with Crippen LogP contribution in [0.25, 0.3) is 77.4 Å².